The van der Waals surface area contributed by atoms with E-state index in [4.69, 9.17) is 5.73 Å². The average Bonchev–Trinajstić information content (AvgIpc) is 2.97. The zero-order chi connectivity index (χ0) is 11.7. The van der Waals surface area contributed by atoms with Gasteiger partial charge in [0.05, 0.1) is 11.0 Å². The molecule has 0 aliphatic carbocycles. The molecule has 86 valence electrons. The molecule has 0 amide bonds. The van der Waals surface area contributed by atoms with Crippen molar-refractivity contribution >= 4 is 22.4 Å². The summed E-state index contributed by atoms with van der Waals surface area (Å²) in [7, 11) is 0. The maximum atomic E-state index is 5.71. The smallest absolute Gasteiger partial charge is 0.112 e. The molecule has 0 fully saturated rings. The number of thiophene rings is 1. The second-order valence-electron chi connectivity index (χ2n) is 3.96. The minimum absolute atomic E-state index is 0.528. The molecule has 0 saturated carbocycles. The van der Waals surface area contributed by atoms with E-state index >= 15 is 0 Å². The summed E-state index contributed by atoms with van der Waals surface area (Å²) in [5.41, 5.74) is 8.87. The van der Waals surface area contributed by atoms with E-state index in [1.165, 1.54) is 4.88 Å². The number of aromatic nitrogens is 2. The molecule has 3 rings (SSSR count). The number of rotatable bonds is 3. The zero-order valence-electron chi connectivity index (χ0n) is 9.31. The van der Waals surface area contributed by atoms with E-state index in [9.17, 15) is 0 Å². The minimum atomic E-state index is 0.528. The first-order valence-corrected chi connectivity index (χ1v) is 6.43. The van der Waals surface area contributed by atoms with Crippen molar-refractivity contribution in [3.63, 3.8) is 0 Å². The first-order chi connectivity index (χ1) is 8.36. The third-order valence-electron chi connectivity index (χ3n) is 2.79. The number of hydrogen-bond acceptors (Lipinski definition) is 3. The molecule has 3 N–H and O–H groups in total. The Bertz CT molecular complexity index is 625. The molecule has 3 aromatic rings. The predicted molar refractivity (Wildman–Crippen MR) is 71.1 cm³/mol. The highest BCUT2D eigenvalue weighted by atomic mass is 32.1. The fourth-order valence-electron chi connectivity index (χ4n) is 1.97. The summed E-state index contributed by atoms with van der Waals surface area (Å²) in [6.45, 7) is 0.528. The molecule has 4 heteroatoms. The van der Waals surface area contributed by atoms with Gasteiger partial charge in [-0.05, 0) is 23.1 Å². The van der Waals surface area contributed by atoms with Crippen molar-refractivity contribution in [2.75, 3.05) is 0 Å². The van der Waals surface area contributed by atoms with Crippen LogP contribution in [-0.2, 0) is 13.0 Å². The summed E-state index contributed by atoms with van der Waals surface area (Å²) >= 11 is 1.75. The van der Waals surface area contributed by atoms with Crippen molar-refractivity contribution < 1.29 is 0 Å². The number of imidazole rings is 1. The van der Waals surface area contributed by atoms with Gasteiger partial charge < -0.3 is 10.7 Å². The van der Waals surface area contributed by atoms with Gasteiger partial charge in [-0.15, -0.1) is 11.3 Å². The summed E-state index contributed by atoms with van der Waals surface area (Å²) in [5.74, 6) is 1.00. The average molecular weight is 243 g/mol. The van der Waals surface area contributed by atoms with Crippen LogP contribution in [0.15, 0.2) is 35.7 Å². The van der Waals surface area contributed by atoms with E-state index in [1.807, 2.05) is 18.2 Å². The van der Waals surface area contributed by atoms with Gasteiger partial charge in [-0.25, -0.2) is 4.98 Å². The largest absolute Gasteiger partial charge is 0.342 e. The molecule has 2 heterocycles. The molecule has 0 saturated heterocycles. The van der Waals surface area contributed by atoms with E-state index in [2.05, 4.69) is 27.5 Å². The highest BCUT2D eigenvalue weighted by Gasteiger charge is 2.07. The molecular formula is C13H13N3S. The monoisotopic (exact) mass is 243 g/mol. The fraction of sp³-hybridized carbons (Fsp3) is 0.154. The molecule has 0 bridgehead atoms. The van der Waals surface area contributed by atoms with E-state index in [-0.39, 0.29) is 0 Å². The zero-order valence-corrected chi connectivity index (χ0v) is 10.1. The van der Waals surface area contributed by atoms with Crippen LogP contribution in [-0.4, -0.2) is 9.97 Å². The third kappa shape index (κ3) is 1.97. The molecule has 3 nitrogen and oxygen atoms in total. The first kappa shape index (κ1) is 10.5. The number of nitrogens with two attached hydrogens (primary N) is 1. The lowest BCUT2D eigenvalue weighted by molar-refractivity contribution is 1.05. The summed E-state index contributed by atoms with van der Waals surface area (Å²) in [6, 6.07) is 10.3. The Hall–Kier alpha value is -1.65. The van der Waals surface area contributed by atoms with Crippen LogP contribution in [0.4, 0.5) is 0 Å². The van der Waals surface area contributed by atoms with Gasteiger partial charge in [0, 0.05) is 17.8 Å². The molecule has 0 aliphatic rings. The van der Waals surface area contributed by atoms with Crippen molar-refractivity contribution in [1.82, 2.24) is 9.97 Å². The number of hydrogen-bond donors (Lipinski definition) is 2. The number of benzene rings is 1. The maximum Gasteiger partial charge on any atom is 0.112 e. The first-order valence-electron chi connectivity index (χ1n) is 5.56. The van der Waals surface area contributed by atoms with E-state index in [1.54, 1.807) is 11.3 Å². The van der Waals surface area contributed by atoms with Gasteiger partial charge in [0.2, 0.25) is 0 Å². The van der Waals surface area contributed by atoms with Crippen LogP contribution < -0.4 is 5.73 Å². The van der Waals surface area contributed by atoms with Crippen LogP contribution in [0.3, 0.4) is 0 Å². The van der Waals surface area contributed by atoms with Crippen LogP contribution in [0.1, 0.15) is 16.3 Å². The van der Waals surface area contributed by atoms with Gasteiger partial charge in [0.15, 0.2) is 0 Å². The Morgan fingerprint density at radius 1 is 1.24 bits per heavy atom. The van der Waals surface area contributed by atoms with Crippen LogP contribution in [0.5, 0.6) is 0 Å². The van der Waals surface area contributed by atoms with Crippen LogP contribution >= 0.6 is 11.3 Å². The Balaban J connectivity index is 2.02. The van der Waals surface area contributed by atoms with Crippen molar-refractivity contribution in [3.8, 4) is 0 Å². The standard InChI is InChI=1S/C13H13N3S/c14-8-9-3-1-5-11-13(9)16-12(15-11)7-10-4-2-6-17-10/h1-6H,7-8,14H2,(H,15,16). The molecule has 0 radical (unpaired) electrons. The van der Waals surface area contributed by atoms with Gasteiger partial charge in [0.1, 0.15) is 5.82 Å². The van der Waals surface area contributed by atoms with Gasteiger partial charge >= 0.3 is 0 Å². The third-order valence-corrected chi connectivity index (χ3v) is 3.66. The van der Waals surface area contributed by atoms with Gasteiger partial charge in [-0.1, -0.05) is 18.2 Å². The quantitative estimate of drug-likeness (QED) is 0.743. The molecule has 17 heavy (non-hydrogen) atoms. The van der Waals surface area contributed by atoms with Crippen LogP contribution in [0.2, 0.25) is 0 Å². The summed E-state index contributed by atoms with van der Waals surface area (Å²) in [5, 5.41) is 2.09. The van der Waals surface area contributed by atoms with Crippen LogP contribution in [0.25, 0.3) is 11.0 Å². The molecular weight excluding hydrogens is 230 g/mol. The van der Waals surface area contributed by atoms with Crippen molar-refractivity contribution in [2.24, 2.45) is 5.73 Å². The van der Waals surface area contributed by atoms with Gasteiger partial charge in [-0.2, -0.15) is 0 Å². The molecule has 0 atom stereocenters. The van der Waals surface area contributed by atoms with Gasteiger partial charge in [-0.3, -0.25) is 0 Å². The fourth-order valence-corrected chi connectivity index (χ4v) is 2.68. The second kappa shape index (κ2) is 4.31. The topological polar surface area (TPSA) is 54.7 Å². The summed E-state index contributed by atoms with van der Waals surface area (Å²) in [4.78, 5) is 9.30. The normalized spacial score (nSPS) is 11.1. The summed E-state index contributed by atoms with van der Waals surface area (Å²) < 4.78 is 0. The summed E-state index contributed by atoms with van der Waals surface area (Å²) in [6.07, 6.45) is 0.857. The van der Waals surface area contributed by atoms with E-state index in [0.29, 0.717) is 6.54 Å². The lowest BCUT2D eigenvalue weighted by Crippen LogP contribution is -1.96. The number of H-pyrrole nitrogens is 1. The minimum Gasteiger partial charge on any atom is -0.342 e. The molecule has 2 aromatic heterocycles. The SMILES string of the molecule is NCc1cccc2[nH]c(Cc3cccs3)nc12. The lowest BCUT2D eigenvalue weighted by atomic mass is 10.2. The Kier molecular flexibility index (Phi) is 2.66. The number of nitrogens with zero attached hydrogens (tertiary/aromatic N) is 1. The number of fused-ring (bicyclic) bond motifs is 1. The van der Waals surface area contributed by atoms with Gasteiger partial charge in [0.25, 0.3) is 0 Å². The highest BCUT2D eigenvalue weighted by molar-refractivity contribution is 7.09. The van der Waals surface area contributed by atoms with Crippen molar-refractivity contribution in [1.29, 1.82) is 0 Å². The lowest BCUT2D eigenvalue weighted by Gasteiger charge is -1.95. The number of aromatic amines is 1. The second-order valence-corrected chi connectivity index (χ2v) is 4.99. The van der Waals surface area contributed by atoms with Crippen molar-refractivity contribution in [2.45, 2.75) is 13.0 Å². The van der Waals surface area contributed by atoms with E-state index < -0.39 is 0 Å². The molecule has 1 aromatic carbocycles. The molecule has 0 aliphatic heterocycles. The molecule has 0 unspecified atom stereocenters. The Morgan fingerprint density at radius 2 is 2.18 bits per heavy atom. The van der Waals surface area contributed by atoms with E-state index in [0.717, 1.165) is 28.8 Å². The number of nitrogens with one attached hydrogen (secondary N) is 1. The molecule has 0 spiro atoms. The highest BCUT2D eigenvalue weighted by Crippen LogP contribution is 2.19. The Labute approximate surface area is 103 Å². The predicted octanol–water partition coefficient (Wildman–Crippen LogP) is 2.67. The van der Waals surface area contributed by atoms with Crippen LogP contribution in [0, 0.1) is 0 Å². The maximum absolute atomic E-state index is 5.71. The Morgan fingerprint density at radius 3 is 2.94 bits per heavy atom. The van der Waals surface area contributed by atoms with Crippen molar-refractivity contribution in [3.05, 3.63) is 52.0 Å². The number of para-hydroxylation sites is 1.